The van der Waals surface area contributed by atoms with Crippen LogP contribution in [0.4, 0.5) is 0 Å². The maximum atomic E-state index is 3.31. The molecule has 0 unspecified atom stereocenters. The predicted octanol–water partition coefficient (Wildman–Crippen LogP) is 3.18. The molecular weight excluding hydrogens is 182 g/mol. The van der Waals surface area contributed by atoms with Crippen LogP contribution in [0.1, 0.15) is 25.3 Å². The normalized spacial score (nSPS) is 11.0. The first-order valence-corrected chi connectivity index (χ1v) is 5.83. The molecule has 0 saturated carbocycles. The van der Waals surface area contributed by atoms with Gasteiger partial charge >= 0.3 is 0 Å². The van der Waals surface area contributed by atoms with E-state index < -0.39 is 0 Å². The molecule has 82 valence electrons. The highest BCUT2D eigenvalue weighted by Crippen LogP contribution is 2.02. The van der Waals surface area contributed by atoms with Gasteiger partial charge in [0, 0.05) is 0 Å². The highest BCUT2D eigenvalue weighted by atomic mass is 14.8. The van der Waals surface area contributed by atoms with E-state index in [0.717, 1.165) is 32.4 Å². The third-order valence-electron chi connectivity index (χ3n) is 2.35. The number of hydrogen-bond acceptors (Lipinski definition) is 1. The Bertz CT molecular complexity index is 264. The predicted molar refractivity (Wildman–Crippen MR) is 67.1 cm³/mol. The topological polar surface area (TPSA) is 12.0 Å². The molecule has 0 spiro atoms. The standard InChI is InChI=1S/C14H21N/c1-2-15-13-9-4-3-6-10-14-11-7-5-8-12-14/h3-5,7-8,11-12,15H,2,6,9-10,13H2,1H3. The SMILES string of the molecule is CCNCCC=CCCc1ccccc1. The zero-order chi connectivity index (χ0) is 10.8. The van der Waals surface area contributed by atoms with Crippen LogP contribution in [0, 0.1) is 0 Å². The maximum Gasteiger partial charge on any atom is -0.00144 e. The summed E-state index contributed by atoms with van der Waals surface area (Å²) in [4.78, 5) is 0. The van der Waals surface area contributed by atoms with Crippen molar-refractivity contribution in [3.05, 3.63) is 48.0 Å². The van der Waals surface area contributed by atoms with Gasteiger partial charge in [0.2, 0.25) is 0 Å². The van der Waals surface area contributed by atoms with Crippen molar-refractivity contribution in [3.63, 3.8) is 0 Å². The highest BCUT2D eigenvalue weighted by molar-refractivity contribution is 5.15. The van der Waals surface area contributed by atoms with Crippen LogP contribution in [-0.2, 0) is 6.42 Å². The van der Waals surface area contributed by atoms with Crippen molar-refractivity contribution >= 4 is 0 Å². The van der Waals surface area contributed by atoms with E-state index in [-0.39, 0.29) is 0 Å². The number of rotatable bonds is 7. The molecule has 1 nitrogen and oxygen atoms in total. The van der Waals surface area contributed by atoms with E-state index >= 15 is 0 Å². The van der Waals surface area contributed by atoms with Gasteiger partial charge in [0.25, 0.3) is 0 Å². The number of allylic oxidation sites excluding steroid dienone is 1. The van der Waals surface area contributed by atoms with Crippen LogP contribution in [-0.4, -0.2) is 13.1 Å². The molecule has 1 rings (SSSR count). The highest BCUT2D eigenvalue weighted by Gasteiger charge is 1.87. The van der Waals surface area contributed by atoms with Crippen LogP contribution in [0.3, 0.4) is 0 Å². The number of aryl methyl sites for hydroxylation is 1. The van der Waals surface area contributed by atoms with Crippen molar-refractivity contribution in [1.29, 1.82) is 0 Å². The van der Waals surface area contributed by atoms with Gasteiger partial charge in [-0.2, -0.15) is 0 Å². The summed E-state index contributed by atoms with van der Waals surface area (Å²) in [6, 6.07) is 10.6. The van der Waals surface area contributed by atoms with E-state index in [1.807, 2.05) is 0 Å². The Hall–Kier alpha value is -1.08. The molecule has 0 aromatic heterocycles. The molecule has 15 heavy (non-hydrogen) atoms. The van der Waals surface area contributed by atoms with Crippen LogP contribution in [0.25, 0.3) is 0 Å². The van der Waals surface area contributed by atoms with E-state index in [1.165, 1.54) is 5.56 Å². The summed E-state index contributed by atoms with van der Waals surface area (Å²) in [6.45, 7) is 4.30. The van der Waals surface area contributed by atoms with E-state index in [2.05, 4.69) is 54.7 Å². The Morgan fingerprint density at radius 3 is 2.53 bits per heavy atom. The Morgan fingerprint density at radius 1 is 1.07 bits per heavy atom. The fraction of sp³-hybridized carbons (Fsp3) is 0.429. The lowest BCUT2D eigenvalue weighted by atomic mass is 10.1. The third-order valence-corrected chi connectivity index (χ3v) is 2.35. The van der Waals surface area contributed by atoms with E-state index in [1.54, 1.807) is 0 Å². The summed E-state index contributed by atoms with van der Waals surface area (Å²) in [5.41, 5.74) is 1.42. The summed E-state index contributed by atoms with van der Waals surface area (Å²) >= 11 is 0. The molecule has 0 saturated heterocycles. The average molecular weight is 203 g/mol. The molecule has 0 fully saturated rings. The molecule has 0 bridgehead atoms. The average Bonchev–Trinajstić information content (AvgIpc) is 2.29. The fourth-order valence-corrected chi connectivity index (χ4v) is 1.49. The van der Waals surface area contributed by atoms with Crippen LogP contribution in [0.15, 0.2) is 42.5 Å². The van der Waals surface area contributed by atoms with Crippen molar-refractivity contribution in [2.45, 2.75) is 26.2 Å². The zero-order valence-electron chi connectivity index (χ0n) is 9.58. The van der Waals surface area contributed by atoms with E-state index in [0.29, 0.717) is 0 Å². The minimum atomic E-state index is 1.07. The number of nitrogens with one attached hydrogen (secondary N) is 1. The lowest BCUT2D eigenvalue weighted by molar-refractivity contribution is 0.725. The second kappa shape index (κ2) is 8.25. The van der Waals surface area contributed by atoms with Crippen LogP contribution in [0.5, 0.6) is 0 Å². The second-order valence-electron chi connectivity index (χ2n) is 3.64. The number of hydrogen-bond donors (Lipinski definition) is 1. The third kappa shape index (κ3) is 6.08. The van der Waals surface area contributed by atoms with Crippen molar-refractivity contribution in [2.75, 3.05) is 13.1 Å². The first-order chi connectivity index (χ1) is 7.43. The molecular formula is C14H21N. The maximum absolute atomic E-state index is 3.31. The molecule has 0 amide bonds. The smallest absolute Gasteiger partial charge is 0.00144 e. The molecule has 1 N–H and O–H groups in total. The quantitative estimate of drug-likeness (QED) is 0.530. The largest absolute Gasteiger partial charge is 0.317 e. The van der Waals surface area contributed by atoms with Crippen LogP contribution >= 0.6 is 0 Å². The van der Waals surface area contributed by atoms with Crippen LogP contribution < -0.4 is 5.32 Å². The Morgan fingerprint density at radius 2 is 1.80 bits per heavy atom. The van der Waals surface area contributed by atoms with Crippen LogP contribution in [0.2, 0.25) is 0 Å². The molecule has 0 radical (unpaired) electrons. The van der Waals surface area contributed by atoms with Gasteiger partial charge in [0.15, 0.2) is 0 Å². The van der Waals surface area contributed by atoms with Crippen molar-refractivity contribution in [2.24, 2.45) is 0 Å². The van der Waals surface area contributed by atoms with Crippen molar-refractivity contribution in [3.8, 4) is 0 Å². The zero-order valence-corrected chi connectivity index (χ0v) is 9.58. The van der Waals surface area contributed by atoms with Gasteiger partial charge < -0.3 is 5.32 Å². The second-order valence-corrected chi connectivity index (χ2v) is 3.64. The van der Waals surface area contributed by atoms with Gasteiger partial charge in [-0.1, -0.05) is 49.4 Å². The fourth-order valence-electron chi connectivity index (χ4n) is 1.49. The van der Waals surface area contributed by atoms with Gasteiger partial charge in [0.1, 0.15) is 0 Å². The van der Waals surface area contributed by atoms with E-state index in [4.69, 9.17) is 0 Å². The Kier molecular flexibility index (Phi) is 6.59. The first kappa shape index (κ1) is 12.0. The van der Waals surface area contributed by atoms with E-state index in [9.17, 15) is 0 Å². The Balaban J connectivity index is 2.06. The van der Waals surface area contributed by atoms with Gasteiger partial charge in [-0.25, -0.2) is 0 Å². The molecule has 0 aliphatic rings. The minimum Gasteiger partial charge on any atom is -0.317 e. The van der Waals surface area contributed by atoms with Crippen molar-refractivity contribution in [1.82, 2.24) is 5.32 Å². The molecule has 1 aromatic carbocycles. The molecule has 0 aliphatic carbocycles. The monoisotopic (exact) mass is 203 g/mol. The summed E-state index contributed by atoms with van der Waals surface area (Å²) < 4.78 is 0. The molecule has 0 aliphatic heterocycles. The minimum absolute atomic E-state index is 1.07. The summed E-state index contributed by atoms with van der Waals surface area (Å²) in [7, 11) is 0. The molecule has 1 heteroatoms. The molecule has 1 aromatic rings. The summed E-state index contributed by atoms with van der Waals surface area (Å²) in [5, 5.41) is 3.31. The lowest BCUT2D eigenvalue weighted by Gasteiger charge is -1.97. The molecule has 0 heterocycles. The summed E-state index contributed by atoms with van der Waals surface area (Å²) in [6.07, 6.45) is 7.99. The van der Waals surface area contributed by atoms with Gasteiger partial charge in [-0.05, 0) is 37.9 Å². The van der Waals surface area contributed by atoms with Gasteiger partial charge in [-0.3, -0.25) is 0 Å². The van der Waals surface area contributed by atoms with Gasteiger partial charge in [0.05, 0.1) is 0 Å². The lowest BCUT2D eigenvalue weighted by Crippen LogP contribution is -2.12. The summed E-state index contributed by atoms with van der Waals surface area (Å²) in [5.74, 6) is 0. The number of benzene rings is 1. The van der Waals surface area contributed by atoms with Crippen molar-refractivity contribution < 1.29 is 0 Å². The Labute approximate surface area is 93.2 Å². The van der Waals surface area contributed by atoms with Gasteiger partial charge in [-0.15, -0.1) is 0 Å². The molecule has 0 atom stereocenters. The first-order valence-electron chi connectivity index (χ1n) is 5.83.